The number of halogens is 1. The third-order valence-corrected chi connectivity index (χ3v) is 2.91. The Morgan fingerprint density at radius 2 is 2.25 bits per heavy atom. The zero-order valence-electron chi connectivity index (χ0n) is 9.12. The lowest BCUT2D eigenvalue weighted by Gasteiger charge is -2.04. The van der Waals surface area contributed by atoms with Crippen molar-refractivity contribution in [1.29, 1.82) is 5.26 Å². The van der Waals surface area contributed by atoms with E-state index in [1.807, 2.05) is 29.9 Å². The highest BCUT2D eigenvalue weighted by Crippen LogP contribution is 2.32. The predicted molar refractivity (Wildman–Crippen MR) is 63.8 cm³/mol. The number of hydrogen-bond donors (Lipinski definition) is 0. The molecule has 0 radical (unpaired) electrons. The van der Waals surface area contributed by atoms with E-state index in [2.05, 4.69) is 6.07 Å². The molecule has 2 rings (SSSR count). The van der Waals surface area contributed by atoms with Crippen LogP contribution in [0, 0.1) is 11.3 Å². The van der Waals surface area contributed by atoms with Gasteiger partial charge >= 0.3 is 0 Å². The van der Waals surface area contributed by atoms with Crippen molar-refractivity contribution in [2.75, 3.05) is 7.11 Å². The lowest BCUT2D eigenvalue weighted by Crippen LogP contribution is -1.87. The van der Waals surface area contributed by atoms with Crippen LogP contribution in [0.2, 0.25) is 5.02 Å². The summed E-state index contributed by atoms with van der Waals surface area (Å²) in [5.74, 6) is 0.638. The zero-order chi connectivity index (χ0) is 11.7. The van der Waals surface area contributed by atoms with Crippen LogP contribution >= 0.6 is 11.6 Å². The summed E-state index contributed by atoms with van der Waals surface area (Å²) in [5.41, 5.74) is 2.01. The van der Waals surface area contributed by atoms with Gasteiger partial charge in [0.1, 0.15) is 5.75 Å². The molecule has 1 aromatic carbocycles. The molecule has 0 aliphatic heterocycles. The van der Waals surface area contributed by atoms with Crippen LogP contribution < -0.4 is 4.74 Å². The highest BCUT2D eigenvalue weighted by molar-refractivity contribution is 6.32. The van der Waals surface area contributed by atoms with Crippen molar-refractivity contribution in [1.82, 2.24) is 4.57 Å². The topological polar surface area (TPSA) is 37.9 Å². The number of nitriles is 1. The van der Waals surface area contributed by atoms with Crippen LogP contribution in [0.15, 0.2) is 18.3 Å². The van der Waals surface area contributed by atoms with E-state index in [9.17, 15) is 0 Å². The first kappa shape index (κ1) is 10.8. The predicted octanol–water partition coefficient (Wildman–Crippen LogP) is 2.91. The molecule has 0 amide bonds. The van der Waals surface area contributed by atoms with Gasteiger partial charge in [0.2, 0.25) is 0 Å². The van der Waals surface area contributed by atoms with Crippen LogP contribution in [-0.2, 0) is 13.5 Å². The second kappa shape index (κ2) is 4.07. The van der Waals surface area contributed by atoms with Crippen molar-refractivity contribution in [2.24, 2.45) is 7.05 Å². The minimum atomic E-state index is 0.391. The molecule has 0 unspecified atom stereocenters. The molecule has 0 saturated heterocycles. The van der Waals surface area contributed by atoms with E-state index in [1.165, 1.54) is 0 Å². The number of aromatic nitrogens is 1. The fourth-order valence-corrected chi connectivity index (χ4v) is 2.08. The minimum absolute atomic E-state index is 0.391. The fourth-order valence-electron chi connectivity index (χ4n) is 1.85. The normalized spacial score (nSPS) is 10.4. The quantitative estimate of drug-likeness (QED) is 0.801. The Morgan fingerprint density at radius 3 is 2.88 bits per heavy atom. The summed E-state index contributed by atoms with van der Waals surface area (Å²) in [6.45, 7) is 0. The average molecular weight is 235 g/mol. The number of aryl methyl sites for hydroxylation is 1. The van der Waals surface area contributed by atoms with Crippen LogP contribution in [0.4, 0.5) is 0 Å². The van der Waals surface area contributed by atoms with Gasteiger partial charge in [-0.05, 0) is 17.7 Å². The van der Waals surface area contributed by atoms with Crippen molar-refractivity contribution >= 4 is 22.5 Å². The molecule has 0 saturated carbocycles. The summed E-state index contributed by atoms with van der Waals surface area (Å²) < 4.78 is 7.14. The first-order valence-corrected chi connectivity index (χ1v) is 5.23. The summed E-state index contributed by atoms with van der Waals surface area (Å²) >= 11 is 6.06. The third kappa shape index (κ3) is 1.62. The molecule has 1 aromatic heterocycles. The van der Waals surface area contributed by atoms with Gasteiger partial charge < -0.3 is 9.30 Å². The van der Waals surface area contributed by atoms with Crippen molar-refractivity contribution < 1.29 is 4.74 Å². The molecule has 0 bridgehead atoms. The molecule has 1 heterocycles. The molecule has 0 spiro atoms. The summed E-state index contributed by atoms with van der Waals surface area (Å²) in [5, 5.41) is 10.4. The molecular weight excluding hydrogens is 224 g/mol. The Morgan fingerprint density at radius 1 is 1.50 bits per heavy atom. The van der Waals surface area contributed by atoms with E-state index >= 15 is 0 Å². The molecule has 0 fully saturated rings. The Kier molecular flexibility index (Phi) is 2.76. The van der Waals surface area contributed by atoms with Gasteiger partial charge in [-0.2, -0.15) is 5.26 Å². The van der Waals surface area contributed by atoms with E-state index < -0.39 is 0 Å². The van der Waals surface area contributed by atoms with Gasteiger partial charge in [0.25, 0.3) is 0 Å². The monoisotopic (exact) mass is 234 g/mol. The van der Waals surface area contributed by atoms with Gasteiger partial charge in [0.15, 0.2) is 0 Å². The van der Waals surface area contributed by atoms with Crippen molar-refractivity contribution in [3.8, 4) is 11.8 Å². The summed E-state index contributed by atoms with van der Waals surface area (Å²) in [4.78, 5) is 0. The van der Waals surface area contributed by atoms with Crippen LogP contribution in [0.3, 0.4) is 0 Å². The van der Waals surface area contributed by atoms with Gasteiger partial charge in [-0.15, -0.1) is 0 Å². The van der Waals surface area contributed by atoms with E-state index in [0.29, 0.717) is 17.2 Å². The van der Waals surface area contributed by atoms with Crippen LogP contribution in [-0.4, -0.2) is 11.7 Å². The van der Waals surface area contributed by atoms with E-state index in [0.717, 1.165) is 16.5 Å². The van der Waals surface area contributed by atoms with Crippen molar-refractivity contribution in [3.63, 3.8) is 0 Å². The van der Waals surface area contributed by atoms with Gasteiger partial charge in [-0.1, -0.05) is 11.6 Å². The highest BCUT2D eigenvalue weighted by Gasteiger charge is 2.10. The maximum atomic E-state index is 8.75. The first-order valence-electron chi connectivity index (χ1n) is 4.85. The molecule has 16 heavy (non-hydrogen) atoms. The largest absolute Gasteiger partial charge is 0.495 e. The summed E-state index contributed by atoms with van der Waals surface area (Å²) in [6.07, 6.45) is 2.34. The second-order valence-electron chi connectivity index (χ2n) is 3.60. The maximum absolute atomic E-state index is 8.75. The van der Waals surface area contributed by atoms with Gasteiger partial charge in [-0.25, -0.2) is 0 Å². The Labute approximate surface area is 98.8 Å². The van der Waals surface area contributed by atoms with Crippen molar-refractivity contribution in [2.45, 2.75) is 6.42 Å². The average Bonchev–Trinajstić information content (AvgIpc) is 2.55. The first-order chi connectivity index (χ1) is 7.67. The minimum Gasteiger partial charge on any atom is -0.495 e. The number of fused-ring (bicyclic) bond motifs is 1. The zero-order valence-corrected chi connectivity index (χ0v) is 9.88. The van der Waals surface area contributed by atoms with Crippen LogP contribution in [0.5, 0.6) is 5.75 Å². The SMILES string of the molecule is COc1cc2c(CC#N)cn(C)c2cc1Cl. The molecule has 0 aliphatic rings. The van der Waals surface area contributed by atoms with Gasteiger partial charge in [0.05, 0.1) is 24.6 Å². The molecule has 3 nitrogen and oxygen atoms in total. The van der Waals surface area contributed by atoms with Crippen molar-refractivity contribution in [3.05, 3.63) is 28.9 Å². The molecular formula is C12H11ClN2O. The number of nitrogens with zero attached hydrogens (tertiary/aromatic N) is 2. The standard InChI is InChI=1S/C12H11ClN2O/c1-15-7-8(3-4-14)9-5-12(16-2)10(13)6-11(9)15/h5-7H,3H2,1-2H3. The van der Waals surface area contributed by atoms with Crippen LogP contribution in [0.25, 0.3) is 10.9 Å². The van der Waals surface area contributed by atoms with E-state index in [1.54, 1.807) is 7.11 Å². The Balaban J connectivity index is 2.73. The third-order valence-electron chi connectivity index (χ3n) is 2.62. The smallest absolute Gasteiger partial charge is 0.138 e. The molecule has 0 atom stereocenters. The molecule has 0 N–H and O–H groups in total. The number of ether oxygens (including phenoxy) is 1. The number of rotatable bonds is 2. The van der Waals surface area contributed by atoms with Crippen LogP contribution in [0.1, 0.15) is 5.56 Å². The number of methoxy groups -OCH3 is 1. The summed E-state index contributed by atoms with van der Waals surface area (Å²) in [6, 6.07) is 5.89. The lowest BCUT2D eigenvalue weighted by molar-refractivity contribution is 0.415. The molecule has 0 aliphatic carbocycles. The Hall–Kier alpha value is -1.66. The lowest BCUT2D eigenvalue weighted by atomic mass is 10.1. The number of hydrogen-bond acceptors (Lipinski definition) is 2. The Bertz CT molecular complexity index is 581. The maximum Gasteiger partial charge on any atom is 0.138 e. The second-order valence-corrected chi connectivity index (χ2v) is 4.01. The van der Waals surface area contributed by atoms with Gasteiger partial charge in [-0.3, -0.25) is 0 Å². The highest BCUT2D eigenvalue weighted by atomic mass is 35.5. The molecule has 4 heteroatoms. The molecule has 82 valence electrons. The van der Waals surface area contributed by atoms with Gasteiger partial charge in [0, 0.05) is 24.1 Å². The van der Waals surface area contributed by atoms with E-state index in [4.69, 9.17) is 21.6 Å². The summed E-state index contributed by atoms with van der Waals surface area (Å²) in [7, 11) is 3.52. The number of benzene rings is 1. The van der Waals surface area contributed by atoms with E-state index in [-0.39, 0.29) is 0 Å². The fraction of sp³-hybridized carbons (Fsp3) is 0.250. The molecule has 2 aromatic rings.